The van der Waals surface area contributed by atoms with Gasteiger partial charge < -0.3 is 19.7 Å². The Kier molecular flexibility index (Phi) is 4.78. The number of hydrogen-bond donors (Lipinski definition) is 1. The number of carbonyl (C=O) groups excluding carboxylic acids is 1. The number of hydrogen-bond acceptors (Lipinski definition) is 4. The van der Waals surface area contributed by atoms with E-state index < -0.39 is 0 Å². The first-order chi connectivity index (χ1) is 8.13. The van der Waals surface area contributed by atoms with Crippen molar-refractivity contribution in [3.63, 3.8) is 0 Å². The zero-order valence-corrected chi connectivity index (χ0v) is 10.6. The molecule has 0 fully saturated rings. The number of nitrogens with one attached hydrogen (secondary N) is 1. The second kappa shape index (κ2) is 6.10. The minimum atomic E-state index is -0.0315. The van der Waals surface area contributed by atoms with Crippen molar-refractivity contribution in [1.29, 1.82) is 0 Å². The topological polar surface area (TPSA) is 50.8 Å². The summed E-state index contributed by atoms with van der Waals surface area (Å²) in [6.45, 7) is 0.283. The molecule has 1 aromatic rings. The first-order valence-electron chi connectivity index (χ1n) is 5.27. The minimum Gasteiger partial charge on any atom is -0.497 e. The van der Waals surface area contributed by atoms with Crippen LogP contribution in [0.25, 0.3) is 0 Å². The molecule has 0 radical (unpaired) electrons. The van der Waals surface area contributed by atoms with Gasteiger partial charge in [0.05, 0.1) is 26.5 Å². The molecule has 0 saturated carbocycles. The van der Waals surface area contributed by atoms with E-state index in [9.17, 15) is 4.79 Å². The average Bonchev–Trinajstić information content (AvgIpc) is 2.37. The molecular formula is C12H18N2O3. The predicted molar refractivity (Wildman–Crippen MR) is 66.9 cm³/mol. The molecule has 5 nitrogen and oxygen atoms in total. The number of amides is 1. The lowest BCUT2D eigenvalue weighted by atomic mass is 10.2. The summed E-state index contributed by atoms with van der Waals surface area (Å²) in [6.07, 6.45) is 0. The van der Waals surface area contributed by atoms with Crippen LogP contribution < -0.4 is 19.7 Å². The van der Waals surface area contributed by atoms with Crippen LogP contribution in [0.15, 0.2) is 18.2 Å². The zero-order valence-electron chi connectivity index (χ0n) is 10.6. The standard InChI is InChI=1S/C12H18N2O3/c1-13-8-12(15)14(2)10-6-5-9(16-3)7-11(10)17-4/h5-7,13H,8H2,1-4H3. The van der Waals surface area contributed by atoms with Crippen molar-refractivity contribution < 1.29 is 14.3 Å². The predicted octanol–water partition coefficient (Wildman–Crippen LogP) is 0.886. The van der Waals surface area contributed by atoms with Gasteiger partial charge in [0.25, 0.3) is 0 Å². The van der Waals surface area contributed by atoms with Gasteiger partial charge in [0.1, 0.15) is 11.5 Å². The van der Waals surface area contributed by atoms with Gasteiger partial charge in [-0.2, -0.15) is 0 Å². The quantitative estimate of drug-likeness (QED) is 0.827. The summed E-state index contributed by atoms with van der Waals surface area (Å²) < 4.78 is 10.3. The summed E-state index contributed by atoms with van der Waals surface area (Å²) in [4.78, 5) is 13.3. The molecule has 0 heterocycles. The molecule has 1 rings (SSSR count). The van der Waals surface area contributed by atoms with Gasteiger partial charge in [-0.05, 0) is 19.2 Å². The average molecular weight is 238 g/mol. The van der Waals surface area contributed by atoms with Crippen molar-refractivity contribution in [2.45, 2.75) is 0 Å². The molecule has 5 heteroatoms. The molecule has 0 bridgehead atoms. The van der Waals surface area contributed by atoms with E-state index in [0.717, 1.165) is 0 Å². The number of ether oxygens (including phenoxy) is 2. The first kappa shape index (κ1) is 13.3. The van der Waals surface area contributed by atoms with Gasteiger partial charge in [0.15, 0.2) is 0 Å². The number of methoxy groups -OCH3 is 2. The third-order valence-corrected chi connectivity index (χ3v) is 2.45. The smallest absolute Gasteiger partial charge is 0.240 e. The van der Waals surface area contributed by atoms with Gasteiger partial charge in [-0.1, -0.05) is 0 Å². The first-order valence-corrected chi connectivity index (χ1v) is 5.27. The van der Waals surface area contributed by atoms with Crippen LogP contribution in [0.5, 0.6) is 11.5 Å². The Morgan fingerprint density at radius 2 is 2.06 bits per heavy atom. The van der Waals surface area contributed by atoms with Crippen molar-refractivity contribution in [1.82, 2.24) is 5.32 Å². The summed E-state index contributed by atoms with van der Waals surface area (Å²) in [6, 6.07) is 5.34. The lowest BCUT2D eigenvalue weighted by molar-refractivity contribution is -0.117. The maximum atomic E-state index is 11.7. The normalized spacial score (nSPS) is 9.88. The van der Waals surface area contributed by atoms with Crippen molar-refractivity contribution in [2.75, 3.05) is 39.8 Å². The van der Waals surface area contributed by atoms with E-state index in [1.54, 1.807) is 51.4 Å². The van der Waals surface area contributed by atoms with E-state index >= 15 is 0 Å². The summed E-state index contributed by atoms with van der Waals surface area (Å²) in [5.74, 6) is 1.27. The van der Waals surface area contributed by atoms with Gasteiger partial charge in [-0.25, -0.2) is 0 Å². The van der Waals surface area contributed by atoms with E-state index in [2.05, 4.69) is 5.32 Å². The number of anilines is 1. The number of benzene rings is 1. The summed E-state index contributed by atoms with van der Waals surface area (Å²) in [5.41, 5.74) is 0.716. The molecule has 0 spiro atoms. The highest BCUT2D eigenvalue weighted by Gasteiger charge is 2.14. The van der Waals surface area contributed by atoms with Crippen LogP contribution in [0.1, 0.15) is 0 Å². The number of rotatable bonds is 5. The number of nitrogens with zero attached hydrogens (tertiary/aromatic N) is 1. The van der Waals surface area contributed by atoms with Crippen LogP contribution in [-0.2, 0) is 4.79 Å². The lowest BCUT2D eigenvalue weighted by Crippen LogP contribution is -2.34. The van der Waals surface area contributed by atoms with Gasteiger partial charge >= 0.3 is 0 Å². The molecule has 0 saturated heterocycles. The lowest BCUT2D eigenvalue weighted by Gasteiger charge is -2.20. The summed E-state index contributed by atoms with van der Waals surface area (Å²) >= 11 is 0. The monoisotopic (exact) mass is 238 g/mol. The Morgan fingerprint density at radius 3 is 2.59 bits per heavy atom. The van der Waals surface area contributed by atoms with Gasteiger partial charge in [0.2, 0.25) is 5.91 Å². The Balaban J connectivity index is 3.00. The molecule has 1 amide bonds. The molecule has 0 aromatic heterocycles. The minimum absolute atomic E-state index is 0.0315. The van der Waals surface area contributed by atoms with Gasteiger partial charge in [0, 0.05) is 13.1 Å². The van der Waals surface area contributed by atoms with Crippen molar-refractivity contribution in [3.05, 3.63) is 18.2 Å². The molecule has 0 aliphatic heterocycles. The van der Waals surface area contributed by atoms with Crippen molar-refractivity contribution in [2.24, 2.45) is 0 Å². The summed E-state index contributed by atoms with van der Waals surface area (Å²) in [7, 11) is 6.60. The molecule has 94 valence electrons. The van der Waals surface area contributed by atoms with Crippen LogP contribution in [0.2, 0.25) is 0 Å². The van der Waals surface area contributed by atoms with Gasteiger partial charge in [-0.15, -0.1) is 0 Å². The van der Waals surface area contributed by atoms with Crippen LogP contribution in [-0.4, -0.2) is 40.8 Å². The van der Waals surface area contributed by atoms with E-state index in [1.165, 1.54) is 0 Å². The van der Waals surface area contributed by atoms with Crippen molar-refractivity contribution >= 4 is 11.6 Å². The fourth-order valence-corrected chi connectivity index (χ4v) is 1.47. The maximum absolute atomic E-state index is 11.7. The number of likely N-dealkylation sites (N-methyl/N-ethyl adjacent to an activating group) is 2. The Labute approximate surface area is 101 Å². The van der Waals surface area contributed by atoms with E-state index in [0.29, 0.717) is 17.2 Å². The highest BCUT2D eigenvalue weighted by Crippen LogP contribution is 2.31. The Hall–Kier alpha value is -1.75. The van der Waals surface area contributed by atoms with Crippen LogP contribution in [0.3, 0.4) is 0 Å². The highest BCUT2D eigenvalue weighted by atomic mass is 16.5. The Morgan fingerprint density at radius 1 is 1.35 bits per heavy atom. The molecular weight excluding hydrogens is 220 g/mol. The molecule has 17 heavy (non-hydrogen) atoms. The Bertz CT molecular complexity index is 393. The fraction of sp³-hybridized carbons (Fsp3) is 0.417. The maximum Gasteiger partial charge on any atom is 0.240 e. The molecule has 0 aliphatic carbocycles. The van der Waals surface area contributed by atoms with Crippen LogP contribution in [0.4, 0.5) is 5.69 Å². The molecule has 0 aliphatic rings. The second-order valence-corrected chi connectivity index (χ2v) is 3.52. The molecule has 1 N–H and O–H groups in total. The third kappa shape index (κ3) is 3.10. The number of carbonyl (C=O) groups is 1. The molecule has 0 unspecified atom stereocenters. The van der Waals surface area contributed by atoms with E-state index in [4.69, 9.17) is 9.47 Å². The van der Waals surface area contributed by atoms with Crippen LogP contribution in [0, 0.1) is 0 Å². The van der Waals surface area contributed by atoms with Gasteiger partial charge in [-0.3, -0.25) is 4.79 Å². The fourth-order valence-electron chi connectivity index (χ4n) is 1.47. The van der Waals surface area contributed by atoms with E-state index in [1.807, 2.05) is 0 Å². The third-order valence-electron chi connectivity index (χ3n) is 2.45. The van der Waals surface area contributed by atoms with Crippen LogP contribution >= 0.6 is 0 Å². The highest BCUT2D eigenvalue weighted by molar-refractivity contribution is 5.95. The largest absolute Gasteiger partial charge is 0.497 e. The summed E-state index contributed by atoms with van der Waals surface area (Å²) in [5, 5.41) is 2.82. The molecule has 0 atom stereocenters. The zero-order chi connectivity index (χ0) is 12.8. The molecule has 1 aromatic carbocycles. The van der Waals surface area contributed by atoms with Crippen molar-refractivity contribution in [3.8, 4) is 11.5 Å². The second-order valence-electron chi connectivity index (χ2n) is 3.52. The SMILES string of the molecule is CNCC(=O)N(C)c1ccc(OC)cc1OC. The van der Waals surface area contributed by atoms with E-state index in [-0.39, 0.29) is 12.5 Å².